The normalized spacial score (nSPS) is 10.7. The fourth-order valence-electron chi connectivity index (χ4n) is 6.16. The van der Waals surface area contributed by atoms with E-state index in [2.05, 4.69) is 13.8 Å². The number of ether oxygens (including phenoxy) is 6. The Bertz CT molecular complexity index is 2000. The van der Waals surface area contributed by atoms with Gasteiger partial charge in [0.15, 0.2) is 0 Å². The van der Waals surface area contributed by atoms with Crippen molar-refractivity contribution in [1.29, 1.82) is 0 Å². The van der Waals surface area contributed by atoms with E-state index in [1.807, 2.05) is 0 Å². The third kappa shape index (κ3) is 15.6. The smallest absolute Gasteiger partial charge is 0.343 e. The Labute approximate surface area is 356 Å². The molecule has 0 amide bonds. The molecular formula is C50H53FO10. The first-order valence-electron chi connectivity index (χ1n) is 21.1. The maximum Gasteiger partial charge on any atom is 0.343 e. The van der Waals surface area contributed by atoms with Gasteiger partial charge >= 0.3 is 23.9 Å². The van der Waals surface area contributed by atoms with Crippen LogP contribution in [-0.2, 0) is 0 Å². The molecule has 0 bridgehead atoms. The van der Waals surface area contributed by atoms with Gasteiger partial charge in [-0.3, -0.25) is 0 Å². The highest BCUT2D eigenvalue weighted by Gasteiger charge is 2.17. The molecule has 5 rings (SSSR count). The molecule has 320 valence electrons. The van der Waals surface area contributed by atoms with E-state index in [0.717, 1.165) is 37.8 Å². The summed E-state index contributed by atoms with van der Waals surface area (Å²) in [5, 5.41) is 0. The highest BCUT2D eigenvalue weighted by atomic mass is 19.1. The molecule has 0 N–H and O–H groups in total. The summed E-state index contributed by atoms with van der Waals surface area (Å²) in [5.74, 6) is -2.14. The molecular weight excluding hydrogens is 780 g/mol. The lowest BCUT2D eigenvalue weighted by atomic mass is 10.1. The minimum atomic E-state index is -0.838. The minimum Gasteiger partial charge on any atom is -0.494 e. The number of carbonyl (C=O) groups excluding carboxylic acids is 4. The zero-order valence-corrected chi connectivity index (χ0v) is 34.8. The molecule has 0 heterocycles. The minimum absolute atomic E-state index is 0.0784. The number of benzene rings is 5. The van der Waals surface area contributed by atoms with Gasteiger partial charge in [0.05, 0.1) is 35.5 Å². The molecule has 0 atom stereocenters. The number of carbonyl (C=O) groups is 4. The van der Waals surface area contributed by atoms with Gasteiger partial charge in [-0.1, -0.05) is 78.1 Å². The van der Waals surface area contributed by atoms with Gasteiger partial charge in [-0.05, 0) is 110 Å². The molecule has 0 aromatic heterocycles. The van der Waals surface area contributed by atoms with Crippen LogP contribution >= 0.6 is 0 Å². The van der Waals surface area contributed by atoms with Crippen LogP contribution in [0.1, 0.15) is 132 Å². The second-order valence-electron chi connectivity index (χ2n) is 14.5. The molecule has 0 saturated carbocycles. The molecule has 0 aliphatic heterocycles. The van der Waals surface area contributed by atoms with E-state index in [1.54, 1.807) is 48.5 Å². The van der Waals surface area contributed by atoms with Gasteiger partial charge < -0.3 is 28.4 Å². The Balaban J connectivity index is 1.06. The van der Waals surface area contributed by atoms with Gasteiger partial charge in [0.2, 0.25) is 0 Å². The van der Waals surface area contributed by atoms with Crippen molar-refractivity contribution in [2.45, 2.75) is 90.9 Å². The summed E-state index contributed by atoms with van der Waals surface area (Å²) in [5.41, 5.74) is 0.544. The number of esters is 4. The van der Waals surface area contributed by atoms with Gasteiger partial charge in [0.1, 0.15) is 40.3 Å². The van der Waals surface area contributed by atoms with Gasteiger partial charge in [0.25, 0.3) is 0 Å². The number of halogens is 1. The molecule has 0 fully saturated rings. The molecule has 61 heavy (non-hydrogen) atoms. The van der Waals surface area contributed by atoms with Crippen molar-refractivity contribution in [3.8, 4) is 34.5 Å². The van der Waals surface area contributed by atoms with Crippen LogP contribution in [0, 0.1) is 5.82 Å². The zero-order valence-electron chi connectivity index (χ0n) is 34.8. The quantitative estimate of drug-likeness (QED) is 0.0337. The maximum atomic E-state index is 14.6. The standard InChI is InChI=1S/C50H53FO10/c1-3-5-7-9-11-13-31-56-41-23-27-43(28-24-41)58-47(52)36-15-19-38(20-16-36)49(54)60-45-33-40(51)34-46(35-45)61-50(55)39-21-17-37(18-22-39)48(53)59-44-29-25-42(26-30-44)57-32-14-12-10-8-6-4-2/h15-30,33-35H,3-14,31-32H2,1-2H3. The van der Waals surface area contributed by atoms with Crippen LogP contribution in [-0.4, -0.2) is 37.1 Å². The van der Waals surface area contributed by atoms with E-state index in [9.17, 15) is 23.6 Å². The number of hydrogen-bond donors (Lipinski definition) is 0. The molecule has 5 aromatic carbocycles. The molecule has 11 heteroatoms. The van der Waals surface area contributed by atoms with Crippen LogP contribution in [0.5, 0.6) is 34.5 Å². The van der Waals surface area contributed by atoms with Crippen molar-refractivity contribution in [3.63, 3.8) is 0 Å². The molecule has 0 aliphatic carbocycles. The monoisotopic (exact) mass is 832 g/mol. The third-order valence-electron chi connectivity index (χ3n) is 9.58. The average molecular weight is 833 g/mol. The molecule has 0 unspecified atom stereocenters. The summed E-state index contributed by atoms with van der Waals surface area (Å²) in [7, 11) is 0. The number of unbranched alkanes of at least 4 members (excludes halogenated alkanes) is 10. The van der Waals surface area contributed by atoms with Crippen LogP contribution in [0.15, 0.2) is 115 Å². The second-order valence-corrected chi connectivity index (χ2v) is 14.5. The Morgan fingerprint density at radius 3 is 0.967 bits per heavy atom. The van der Waals surface area contributed by atoms with Gasteiger partial charge in [0, 0.05) is 18.2 Å². The van der Waals surface area contributed by atoms with E-state index in [-0.39, 0.29) is 33.8 Å². The van der Waals surface area contributed by atoms with E-state index < -0.39 is 29.7 Å². The highest BCUT2D eigenvalue weighted by Crippen LogP contribution is 2.26. The van der Waals surface area contributed by atoms with Crippen molar-refractivity contribution < 1.29 is 52.0 Å². The van der Waals surface area contributed by atoms with Crippen LogP contribution < -0.4 is 28.4 Å². The predicted molar refractivity (Wildman–Crippen MR) is 230 cm³/mol. The first kappa shape index (κ1) is 45.6. The lowest BCUT2D eigenvalue weighted by Crippen LogP contribution is -2.12. The van der Waals surface area contributed by atoms with Crippen LogP contribution in [0.4, 0.5) is 4.39 Å². The summed E-state index contributed by atoms with van der Waals surface area (Å²) >= 11 is 0. The predicted octanol–water partition coefficient (Wildman–Crippen LogP) is 12.2. The van der Waals surface area contributed by atoms with Crippen LogP contribution in [0.2, 0.25) is 0 Å². The molecule has 5 aromatic rings. The maximum absolute atomic E-state index is 14.6. The highest BCUT2D eigenvalue weighted by molar-refractivity contribution is 5.96. The SMILES string of the molecule is CCCCCCCCOc1ccc(OC(=O)c2ccc(C(=O)Oc3cc(F)cc(OC(=O)c4ccc(C(=O)Oc5ccc(OCCCCCCCC)cc5)cc4)c3)cc2)cc1. The van der Waals surface area contributed by atoms with Gasteiger partial charge in [-0.2, -0.15) is 0 Å². The van der Waals surface area contributed by atoms with E-state index in [1.165, 1.54) is 106 Å². The zero-order chi connectivity index (χ0) is 43.2. The second kappa shape index (κ2) is 24.6. The van der Waals surface area contributed by atoms with Crippen molar-refractivity contribution in [2.75, 3.05) is 13.2 Å². The fourth-order valence-corrected chi connectivity index (χ4v) is 6.16. The van der Waals surface area contributed by atoms with E-state index in [4.69, 9.17) is 28.4 Å². The molecule has 10 nitrogen and oxygen atoms in total. The molecule has 0 radical (unpaired) electrons. The largest absolute Gasteiger partial charge is 0.494 e. The Morgan fingerprint density at radius 2 is 0.639 bits per heavy atom. The Hall–Kier alpha value is -6.49. The summed E-state index contributed by atoms with van der Waals surface area (Å²) in [6.45, 7) is 5.63. The van der Waals surface area contributed by atoms with Gasteiger partial charge in [-0.25, -0.2) is 23.6 Å². The average Bonchev–Trinajstić information content (AvgIpc) is 3.26. The molecule has 0 spiro atoms. The van der Waals surface area contributed by atoms with Gasteiger partial charge in [-0.15, -0.1) is 0 Å². The fraction of sp³-hybridized carbons (Fsp3) is 0.320. The first-order valence-corrected chi connectivity index (χ1v) is 21.1. The molecule has 0 aliphatic rings. The summed E-state index contributed by atoms with van der Waals surface area (Å²) in [6, 6.07) is 27.8. The van der Waals surface area contributed by atoms with Crippen LogP contribution in [0.3, 0.4) is 0 Å². The lowest BCUT2D eigenvalue weighted by Gasteiger charge is -2.10. The summed E-state index contributed by atoms with van der Waals surface area (Å²) in [6.07, 6.45) is 14.1. The Morgan fingerprint density at radius 1 is 0.361 bits per heavy atom. The van der Waals surface area contributed by atoms with Crippen LogP contribution in [0.25, 0.3) is 0 Å². The van der Waals surface area contributed by atoms with Crippen molar-refractivity contribution >= 4 is 23.9 Å². The third-order valence-corrected chi connectivity index (χ3v) is 9.58. The van der Waals surface area contributed by atoms with E-state index in [0.29, 0.717) is 36.2 Å². The number of rotatable bonds is 24. The lowest BCUT2D eigenvalue weighted by molar-refractivity contribution is 0.0713. The van der Waals surface area contributed by atoms with Crippen molar-refractivity contribution in [2.24, 2.45) is 0 Å². The summed E-state index contributed by atoms with van der Waals surface area (Å²) < 4.78 is 47.8. The summed E-state index contributed by atoms with van der Waals surface area (Å²) in [4.78, 5) is 51.3. The Kier molecular flexibility index (Phi) is 18.4. The number of hydrogen-bond acceptors (Lipinski definition) is 10. The van der Waals surface area contributed by atoms with Crippen molar-refractivity contribution in [3.05, 3.63) is 143 Å². The van der Waals surface area contributed by atoms with Crippen molar-refractivity contribution in [1.82, 2.24) is 0 Å². The van der Waals surface area contributed by atoms with E-state index >= 15 is 0 Å². The molecule has 0 saturated heterocycles. The topological polar surface area (TPSA) is 124 Å². The first-order chi connectivity index (χ1) is 29.7.